The van der Waals surface area contributed by atoms with Gasteiger partial charge in [0, 0.05) is 25.4 Å². The summed E-state index contributed by atoms with van der Waals surface area (Å²) < 4.78 is 5.90. The van der Waals surface area contributed by atoms with Crippen molar-refractivity contribution >= 4 is 17.9 Å². The Bertz CT molecular complexity index is 736. The predicted octanol–water partition coefficient (Wildman–Crippen LogP) is 1.59. The molecule has 3 aliphatic rings. The lowest BCUT2D eigenvalue weighted by molar-refractivity contribution is -0.900. The van der Waals surface area contributed by atoms with E-state index < -0.39 is 11.9 Å². The summed E-state index contributed by atoms with van der Waals surface area (Å²) in [6.07, 6.45) is 12.4. The molecule has 0 aromatic carbocycles. The summed E-state index contributed by atoms with van der Waals surface area (Å²) in [6, 6.07) is 0. The molecule has 2 saturated carbocycles. The number of hydrogen-bond donors (Lipinski definition) is 3. The number of carboxylic acid groups (broad SMARTS) is 2. The number of allylic oxidation sites excluding steroid dienone is 1. The molecule has 2 aliphatic carbocycles. The molecule has 0 aromatic rings. The summed E-state index contributed by atoms with van der Waals surface area (Å²) in [5.74, 6) is -2.96. The van der Waals surface area contributed by atoms with Gasteiger partial charge in [-0.15, -0.1) is 0 Å². The van der Waals surface area contributed by atoms with Crippen molar-refractivity contribution < 1.29 is 34.2 Å². The second kappa shape index (κ2) is 14.7. The Morgan fingerprint density at radius 3 is 2.39 bits per heavy atom. The van der Waals surface area contributed by atoms with Gasteiger partial charge < -0.3 is 30.0 Å². The molecule has 0 amide bonds. The second-order valence-electron chi connectivity index (χ2n) is 11.3. The zero-order valence-corrected chi connectivity index (χ0v) is 22.6. The van der Waals surface area contributed by atoms with Gasteiger partial charge >= 0.3 is 11.9 Å². The maximum Gasteiger partial charge on any atom is 0.351 e. The van der Waals surface area contributed by atoms with E-state index in [2.05, 4.69) is 32.7 Å². The molecule has 8 heteroatoms. The molecule has 1 aliphatic heterocycles. The van der Waals surface area contributed by atoms with Crippen molar-refractivity contribution in [3.05, 3.63) is 12.2 Å². The highest BCUT2D eigenvalue weighted by atomic mass is 16.6. The van der Waals surface area contributed by atoms with Gasteiger partial charge in [0.1, 0.15) is 6.10 Å². The van der Waals surface area contributed by atoms with Crippen LogP contribution in [0.1, 0.15) is 85.0 Å². The number of fused-ring (bicyclic) bond motifs is 2. The van der Waals surface area contributed by atoms with E-state index in [4.69, 9.17) is 24.5 Å². The summed E-state index contributed by atoms with van der Waals surface area (Å²) in [5.41, 5.74) is 1.72. The predicted molar refractivity (Wildman–Crippen MR) is 136 cm³/mol. The van der Waals surface area contributed by atoms with Crippen molar-refractivity contribution in [2.24, 2.45) is 23.2 Å². The first-order valence-corrected chi connectivity index (χ1v) is 14.0. The van der Waals surface area contributed by atoms with Crippen molar-refractivity contribution in [2.75, 3.05) is 32.7 Å². The quantitative estimate of drug-likeness (QED) is 0.158. The SMILES string of the molecule is C=C1CCCC2(C)CC3OC(=O)C(CNCCC[NH+](CCCC)CCCC)C3CC12.O=C([O-])C(=O)O. The van der Waals surface area contributed by atoms with E-state index in [1.807, 2.05) is 0 Å². The maximum atomic E-state index is 12.7. The van der Waals surface area contributed by atoms with E-state index in [0.717, 1.165) is 25.9 Å². The Hall–Kier alpha value is -1.93. The Labute approximate surface area is 216 Å². The average Bonchev–Trinajstić information content (AvgIpc) is 3.12. The normalized spacial score (nSPS) is 29.1. The fourth-order valence-electron chi connectivity index (χ4n) is 6.44. The summed E-state index contributed by atoms with van der Waals surface area (Å²) in [5, 5.41) is 19.9. The maximum absolute atomic E-state index is 12.7. The van der Waals surface area contributed by atoms with E-state index in [0.29, 0.717) is 17.3 Å². The van der Waals surface area contributed by atoms with Gasteiger partial charge in [-0.25, -0.2) is 4.79 Å². The van der Waals surface area contributed by atoms with Crippen molar-refractivity contribution in [3.63, 3.8) is 0 Å². The van der Waals surface area contributed by atoms with Crippen molar-refractivity contribution in [3.8, 4) is 0 Å². The molecule has 5 atom stereocenters. The molecule has 3 fully saturated rings. The standard InChI is InChI=1S/C26H46N2O2.C2H2O4/c1-5-7-14-28(15-8-6-2)16-10-13-27-19-22-21-17-23-20(3)11-9-12-26(23,4)18-24(21)30-25(22)29;3-1(4)2(5)6/h21-24,27H,3,5-19H2,1-2,4H3;(H,3,4)(H,5,6). The minimum absolute atomic E-state index is 0.0397. The number of nitrogens with one attached hydrogen (secondary N) is 2. The van der Waals surface area contributed by atoms with E-state index in [1.54, 1.807) is 4.90 Å². The van der Waals surface area contributed by atoms with Gasteiger partial charge in [0.15, 0.2) is 5.97 Å². The van der Waals surface area contributed by atoms with Crippen molar-refractivity contribution in [1.29, 1.82) is 0 Å². The van der Waals surface area contributed by atoms with Crippen LogP contribution < -0.4 is 15.3 Å². The number of carbonyl (C=O) groups excluding carboxylic acids is 2. The minimum Gasteiger partial charge on any atom is -0.539 e. The smallest absolute Gasteiger partial charge is 0.351 e. The van der Waals surface area contributed by atoms with Crippen molar-refractivity contribution in [2.45, 2.75) is 91.1 Å². The molecule has 36 heavy (non-hydrogen) atoms. The molecule has 8 nitrogen and oxygen atoms in total. The summed E-state index contributed by atoms with van der Waals surface area (Å²) in [4.78, 5) is 32.4. The molecule has 1 saturated heterocycles. The average molecular weight is 509 g/mol. The Kier molecular flexibility index (Phi) is 12.4. The molecule has 5 unspecified atom stereocenters. The van der Waals surface area contributed by atoms with E-state index in [1.165, 1.54) is 76.6 Å². The molecule has 0 bridgehead atoms. The lowest BCUT2D eigenvalue weighted by Crippen LogP contribution is -3.12. The minimum atomic E-state index is -2.07. The Morgan fingerprint density at radius 2 is 1.81 bits per heavy atom. The highest BCUT2D eigenvalue weighted by molar-refractivity contribution is 6.26. The highest BCUT2D eigenvalue weighted by Crippen LogP contribution is 2.56. The zero-order chi connectivity index (χ0) is 26.7. The topological polar surface area (TPSA) is 120 Å². The van der Waals surface area contributed by atoms with Crippen LogP contribution in [0.3, 0.4) is 0 Å². The van der Waals surface area contributed by atoms with E-state index >= 15 is 0 Å². The molecule has 3 rings (SSSR count). The number of aliphatic carboxylic acids is 2. The van der Waals surface area contributed by atoms with Crippen LogP contribution in [0.2, 0.25) is 0 Å². The zero-order valence-electron chi connectivity index (χ0n) is 22.6. The number of rotatable bonds is 12. The molecular weight excluding hydrogens is 460 g/mol. The first kappa shape index (κ1) is 30.3. The molecule has 1 heterocycles. The molecule has 0 aromatic heterocycles. The van der Waals surface area contributed by atoms with Crippen LogP contribution >= 0.6 is 0 Å². The van der Waals surface area contributed by atoms with Gasteiger partial charge in [0.05, 0.1) is 25.6 Å². The fourth-order valence-corrected chi connectivity index (χ4v) is 6.44. The van der Waals surface area contributed by atoms with Gasteiger partial charge in [-0.1, -0.05) is 45.8 Å². The van der Waals surface area contributed by atoms with Crippen molar-refractivity contribution in [1.82, 2.24) is 5.32 Å². The molecule has 206 valence electrons. The number of ether oxygens (including phenoxy) is 1. The first-order valence-electron chi connectivity index (χ1n) is 14.0. The lowest BCUT2D eigenvalue weighted by atomic mass is 9.55. The molecule has 0 radical (unpaired) electrons. The number of unbranched alkanes of at least 4 members (excludes halogenated alkanes) is 2. The third-order valence-corrected chi connectivity index (χ3v) is 8.51. The number of carbonyl (C=O) groups is 3. The molecular formula is C28H48N2O6. The van der Waals surface area contributed by atoms with Crippen LogP contribution in [0.4, 0.5) is 0 Å². The van der Waals surface area contributed by atoms with Gasteiger partial charge in [0.2, 0.25) is 0 Å². The number of carboxylic acids is 2. The number of quaternary nitrogens is 1. The molecule has 3 N–H and O–H groups in total. The van der Waals surface area contributed by atoms with Crippen LogP contribution in [0.25, 0.3) is 0 Å². The van der Waals surface area contributed by atoms with Gasteiger partial charge in [-0.3, -0.25) is 4.79 Å². The van der Waals surface area contributed by atoms with Gasteiger partial charge in [-0.2, -0.15) is 0 Å². The molecule has 0 spiro atoms. The largest absolute Gasteiger partial charge is 0.539 e. The van der Waals surface area contributed by atoms with Crippen LogP contribution in [0.5, 0.6) is 0 Å². The Morgan fingerprint density at radius 1 is 1.19 bits per heavy atom. The second-order valence-corrected chi connectivity index (χ2v) is 11.3. The van der Waals surface area contributed by atoms with Crippen LogP contribution in [-0.2, 0) is 19.1 Å². The van der Waals surface area contributed by atoms with Crippen LogP contribution in [0.15, 0.2) is 12.2 Å². The van der Waals surface area contributed by atoms with E-state index in [-0.39, 0.29) is 18.0 Å². The first-order chi connectivity index (χ1) is 17.1. The number of esters is 1. The third kappa shape index (κ3) is 8.58. The van der Waals surface area contributed by atoms with Crippen LogP contribution in [0, 0.1) is 23.2 Å². The van der Waals surface area contributed by atoms with E-state index in [9.17, 15) is 4.79 Å². The highest BCUT2D eigenvalue weighted by Gasteiger charge is 2.54. The summed E-state index contributed by atoms with van der Waals surface area (Å²) >= 11 is 0. The van der Waals surface area contributed by atoms with Gasteiger partial charge in [0.25, 0.3) is 0 Å². The number of hydrogen-bond acceptors (Lipinski definition) is 6. The third-order valence-electron chi connectivity index (χ3n) is 8.51. The lowest BCUT2D eigenvalue weighted by Gasteiger charge is -2.50. The summed E-state index contributed by atoms with van der Waals surface area (Å²) in [7, 11) is 0. The monoisotopic (exact) mass is 508 g/mol. The summed E-state index contributed by atoms with van der Waals surface area (Å²) in [6.45, 7) is 17.0. The van der Waals surface area contributed by atoms with Crippen LogP contribution in [-0.4, -0.2) is 61.8 Å². The van der Waals surface area contributed by atoms with Gasteiger partial charge in [-0.05, 0) is 56.3 Å². The Balaban J connectivity index is 0.000000678. The fraction of sp³-hybridized carbons (Fsp3) is 0.821.